The van der Waals surface area contributed by atoms with Crippen molar-refractivity contribution in [3.63, 3.8) is 0 Å². The molecule has 2 amide bonds. The number of halogens is 1. The number of rotatable bonds is 4. The molecular weight excluding hydrogens is 380 g/mol. The van der Waals surface area contributed by atoms with Crippen LogP contribution in [0.15, 0.2) is 24.3 Å². The second-order valence-corrected chi connectivity index (χ2v) is 8.00. The van der Waals surface area contributed by atoms with Crippen LogP contribution in [0.2, 0.25) is 5.02 Å². The summed E-state index contributed by atoms with van der Waals surface area (Å²) in [5.74, 6) is -0.453. The highest BCUT2D eigenvalue weighted by Crippen LogP contribution is 2.40. The van der Waals surface area contributed by atoms with Gasteiger partial charge in [0.15, 0.2) is 0 Å². The van der Waals surface area contributed by atoms with Crippen molar-refractivity contribution >= 4 is 23.6 Å². The zero-order valence-electron chi connectivity index (χ0n) is 16.3. The third-order valence-electron chi connectivity index (χ3n) is 5.20. The number of terminal acetylenes is 1. The van der Waals surface area contributed by atoms with E-state index >= 15 is 0 Å². The third kappa shape index (κ3) is 5.05. The number of amides is 2. The zero-order valence-corrected chi connectivity index (χ0v) is 17.0. The minimum absolute atomic E-state index is 0.164. The van der Waals surface area contributed by atoms with Crippen molar-refractivity contribution in [2.24, 2.45) is 11.7 Å². The number of carbonyl (C=O) groups excluding carboxylic acids is 2. The Balaban J connectivity index is 0.00000136. The molecule has 3 atom stereocenters. The molecule has 0 aromatic heterocycles. The van der Waals surface area contributed by atoms with E-state index in [0.29, 0.717) is 11.6 Å². The first kappa shape index (κ1) is 22.2. The van der Waals surface area contributed by atoms with Crippen molar-refractivity contribution in [3.8, 4) is 12.8 Å². The Bertz CT molecular complexity index is 717. The fraction of sp³-hybridized carbons (Fsp3) is 0.524. The average molecular weight is 407 g/mol. The number of imide groups is 1. The van der Waals surface area contributed by atoms with Gasteiger partial charge in [0.1, 0.15) is 6.61 Å². The second kappa shape index (κ2) is 9.42. The summed E-state index contributed by atoms with van der Waals surface area (Å²) >= 11 is 6.02. The van der Waals surface area contributed by atoms with Crippen LogP contribution in [0.4, 0.5) is 4.79 Å². The molecule has 152 valence electrons. The minimum Gasteiger partial charge on any atom is -0.447 e. The van der Waals surface area contributed by atoms with Crippen molar-refractivity contribution in [1.29, 1.82) is 0 Å². The lowest BCUT2D eigenvalue weighted by Crippen LogP contribution is -2.50. The molecule has 0 saturated carbocycles. The topological polar surface area (TPSA) is 81.9 Å². The summed E-state index contributed by atoms with van der Waals surface area (Å²) in [5, 5.41) is 0.628. The number of nitrogens with two attached hydrogens (primary N) is 1. The fourth-order valence-electron chi connectivity index (χ4n) is 3.97. The van der Waals surface area contributed by atoms with Gasteiger partial charge in [-0.1, -0.05) is 23.7 Å². The van der Waals surface area contributed by atoms with Crippen LogP contribution in [0.3, 0.4) is 0 Å². The van der Waals surface area contributed by atoms with E-state index in [1.54, 1.807) is 12.1 Å². The van der Waals surface area contributed by atoms with Crippen LogP contribution in [0, 0.1) is 18.8 Å². The second-order valence-electron chi connectivity index (χ2n) is 7.57. The fourth-order valence-corrected chi connectivity index (χ4v) is 4.10. The molecule has 28 heavy (non-hydrogen) atoms. The SMILES string of the molecule is C#C.CC1(C)CC(C(c2ccc(Cl)cc2)[C@H](N)C(=O)N2CCOC2=O)CCO1. The lowest BCUT2D eigenvalue weighted by Gasteiger charge is -2.41. The van der Waals surface area contributed by atoms with Crippen LogP contribution in [0.5, 0.6) is 0 Å². The molecule has 2 aliphatic heterocycles. The number of carbonyl (C=O) groups is 2. The Morgan fingerprint density at radius 1 is 1.29 bits per heavy atom. The van der Waals surface area contributed by atoms with Crippen molar-refractivity contribution in [3.05, 3.63) is 34.9 Å². The molecule has 2 N–H and O–H groups in total. The Hall–Kier alpha value is -2.07. The molecule has 2 saturated heterocycles. The quantitative estimate of drug-likeness (QED) is 0.776. The van der Waals surface area contributed by atoms with Gasteiger partial charge in [-0.15, -0.1) is 12.8 Å². The molecule has 0 spiro atoms. The smallest absolute Gasteiger partial charge is 0.416 e. The Morgan fingerprint density at radius 2 is 1.93 bits per heavy atom. The summed E-state index contributed by atoms with van der Waals surface area (Å²) in [6, 6.07) is 6.59. The van der Waals surface area contributed by atoms with Gasteiger partial charge in [-0.25, -0.2) is 9.69 Å². The third-order valence-corrected chi connectivity index (χ3v) is 5.45. The van der Waals surface area contributed by atoms with Crippen LogP contribution >= 0.6 is 11.6 Å². The Kier molecular flexibility index (Phi) is 7.48. The Morgan fingerprint density at radius 3 is 2.46 bits per heavy atom. The summed E-state index contributed by atoms with van der Waals surface area (Å²) in [6.07, 6.45) is 8.97. The molecule has 2 fully saturated rings. The van der Waals surface area contributed by atoms with E-state index in [1.807, 2.05) is 26.0 Å². The number of nitrogens with zero attached hydrogens (tertiary/aromatic N) is 1. The molecule has 7 heteroatoms. The predicted octanol–water partition coefficient (Wildman–Crippen LogP) is 3.18. The molecule has 0 aliphatic carbocycles. The van der Waals surface area contributed by atoms with Crippen molar-refractivity contribution in [2.75, 3.05) is 19.8 Å². The maximum Gasteiger partial charge on any atom is 0.416 e. The van der Waals surface area contributed by atoms with E-state index in [9.17, 15) is 9.59 Å². The predicted molar refractivity (Wildman–Crippen MR) is 108 cm³/mol. The van der Waals surface area contributed by atoms with Crippen LogP contribution in [-0.2, 0) is 14.3 Å². The summed E-state index contributed by atoms with van der Waals surface area (Å²) in [5.41, 5.74) is 7.09. The normalized spacial score (nSPS) is 23.1. The summed E-state index contributed by atoms with van der Waals surface area (Å²) < 4.78 is 10.7. The lowest BCUT2D eigenvalue weighted by atomic mass is 9.73. The summed E-state index contributed by atoms with van der Waals surface area (Å²) in [7, 11) is 0. The van der Waals surface area contributed by atoms with Gasteiger partial charge in [0.2, 0.25) is 5.91 Å². The highest BCUT2D eigenvalue weighted by molar-refractivity contribution is 6.30. The van der Waals surface area contributed by atoms with Crippen LogP contribution < -0.4 is 5.73 Å². The molecule has 2 unspecified atom stereocenters. The van der Waals surface area contributed by atoms with Crippen LogP contribution in [-0.4, -0.2) is 48.3 Å². The largest absolute Gasteiger partial charge is 0.447 e. The number of hydrogen-bond acceptors (Lipinski definition) is 5. The van der Waals surface area contributed by atoms with Gasteiger partial charge in [-0.05, 0) is 50.3 Å². The van der Waals surface area contributed by atoms with Gasteiger partial charge in [0.25, 0.3) is 0 Å². The number of hydrogen-bond donors (Lipinski definition) is 1. The minimum atomic E-state index is -0.833. The summed E-state index contributed by atoms with van der Waals surface area (Å²) in [6.45, 7) is 5.17. The molecule has 6 nitrogen and oxygen atoms in total. The molecular formula is C21H27ClN2O4. The highest BCUT2D eigenvalue weighted by atomic mass is 35.5. The molecule has 2 heterocycles. The van der Waals surface area contributed by atoms with E-state index in [0.717, 1.165) is 23.3 Å². The number of benzene rings is 1. The van der Waals surface area contributed by atoms with Gasteiger partial charge >= 0.3 is 6.09 Å². The first-order valence-corrected chi connectivity index (χ1v) is 9.63. The van der Waals surface area contributed by atoms with E-state index in [2.05, 4.69) is 12.8 Å². The molecule has 3 rings (SSSR count). The monoisotopic (exact) mass is 406 g/mol. The van der Waals surface area contributed by atoms with Gasteiger partial charge in [0.05, 0.1) is 18.2 Å². The molecule has 0 bridgehead atoms. The zero-order chi connectivity index (χ0) is 20.9. The van der Waals surface area contributed by atoms with Gasteiger partial charge in [-0.3, -0.25) is 4.79 Å². The maximum atomic E-state index is 12.9. The van der Waals surface area contributed by atoms with Crippen LogP contribution in [0.25, 0.3) is 0 Å². The van der Waals surface area contributed by atoms with Gasteiger partial charge < -0.3 is 15.2 Å². The van der Waals surface area contributed by atoms with E-state index < -0.39 is 18.0 Å². The van der Waals surface area contributed by atoms with Crippen molar-refractivity contribution in [2.45, 2.75) is 44.2 Å². The summed E-state index contributed by atoms with van der Waals surface area (Å²) in [4.78, 5) is 25.8. The van der Waals surface area contributed by atoms with E-state index in [1.165, 1.54) is 0 Å². The molecule has 2 aliphatic rings. The molecule has 1 aromatic carbocycles. The lowest BCUT2D eigenvalue weighted by molar-refractivity contribution is -0.131. The molecule has 1 aromatic rings. The Labute approximate surface area is 171 Å². The number of cyclic esters (lactones) is 1. The van der Waals surface area contributed by atoms with Crippen molar-refractivity contribution < 1.29 is 19.1 Å². The van der Waals surface area contributed by atoms with E-state index in [4.69, 9.17) is 26.8 Å². The maximum absolute atomic E-state index is 12.9. The standard InChI is InChI=1S/C19H25ClN2O4.C2H2/c1-19(2)11-13(7-9-26-19)15(12-3-5-14(20)6-4-12)16(21)17(23)22-8-10-25-18(22)24;1-2/h3-6,13,15-16H,7-11,21H2,1-2H3;1-2H/t13?,15?,16-;/m0./s1. The average Bonchev–Trinajstić information content (AvgIpc) is 3.09. The van der Waals surface area contributed by atoms with Crippen LogP contribution in [0.1, 0.15) is 38.2 Å². The van der Waals surface area contributed by atoms with Gasteiger partial charge in [0, 0.05) is 17.5 Å². The highest BCUT2D eigenvalue weighted by Gasteiger charge is 2.42. The number of ether oxygens (including phenoxy) is 2. The first-order valence-electron chi connectivity index (χ1n) is 9.25. The van der Waals surface area contributed by atoms with E-state index in [-0.39, 0.29) is 30.6 Å². The molecule has 0 radical (unpaired) electrons. The van der Waals surface area contributed by atoms with Gasteiger partial charge in [-0.2, -0.15) is 0 Å². The van der Waals surface area contributed by atoms with Crippen molar-refractivity contribution in [1.82, 2.24) is 4.90 Å². The first-order chi connectivity index (χ1) is 13.3.